The molecule has 0 N–H and O–H groups in total. The molecule has 0 aliphatic carbocycles. The Morgan fingerprint density at radius 1 is 0.448 bits per heavy atom. The van der Waals surface area contributed by atoms with Crippen LogP contribution in [-0.2, 0) is 10.1 Å². The number of rotatable bonds is 6. The molecule has 0 heterocycles. The van der Waals surface area contributed by atoms with Crippen molar-refractivity contribution in [2.24, 2.45) is 0 Å². The first-order valence-corrected chi connectivity index (χ1v) is 7.08. The van der Waals surface area contributed by atoms with E-state index in [2.05, 4.69) is 0 Å². The summed E-state index contributed by atoms with van der Waals surface area (Å²) in [6, 6.07) is 0. The number of halogens is 17. The fourth-order valence-corrected chi connectivity index (χ4v) is 2.12. The molecule has 0 bridgehead atoms. The molecule has 176 valence electrons. The lowest BCUT2D eigenvalue weighted by molar-refractivity contribution is -0.455. The van der Waals surface area contributed by atoms with E-state index >= 15 is 0 Å². The van der Waals surface area contributed by atoms with Gasteiger partial charge in [-0.25, -0.2) is 12.8 Å². The van der Waals surface area contributed by atoms with E-state index in [0.717, 1.165) is 0 Å². The average molecular weight is 499 g/mol. The maximum atomic E-state index is 13.8. The van der Waals surface area contributed by atoms with E-state index in [-0.39, 0.29) is 0 Å². The van der Waals surface area contributed by atoms with E-state index in [1.807, 2.05) is 0 Å². The van der Waals surface area contributed by atoms with Gasteiger partial charge in [0.05, 0.1) is 0 Å². The summed E-state index contributed by atoms with van der Waals surface area (Å²) in [4.78, 5) is 0. The molecule has 0 aliphatic rings. The van der Waals surface area contributed by atoms with Crippen molar-refractivity contribution in [1.29, 1.82) is 0 Å². The summed E-state index contributed by atoms with van der Waals surface area (Å²) in [6.45, 7) is 0. The van der Waals surface area contributed by atoms with Crippen LogP contribution in [-0.4, -0.2) is 59.9 Å². The molecule has 0 aliphatic heterocycles. The summed E-state index contributed by atoms with van der Waals surface area (Å²) >= 11 is 0. The van der Waals surface area contributed by atoms with Crippen LogP contribution >= 0.6 is 0 Å². The Kier molecular flexibility index (Phi) is 6.08. The van der Waals surface area contributed by atoms with Crippen LogP contribution in [0.3, 0.4) is 0 Å². The van der Waals surface area contributed by atoms with Crippen LogP contribution in [0.5, 0.6) is 0 Å². The second-order valence-electron chi connectivity index (χ2n) is 4.92. The number of alkyl halides is 17. The topological polar surface area (TPSA) is 57.2 Å². The largest absolute Gasteiger partial charge is 0.743 e. The van der Waals surface area contributed by atoms with Gasteiger partial charge in [0.25, 0.3) is 0 Å². The van der Waals surface area contributed by atoms with Crippen molar-refractivity contribution in [3.8, 4) is 0 Å². The van der Waals surface area contributed by atoms with Crippen LogP contribution in [0.15, 0.2) is 0 Å². The van der Waals surface area contributed by atoms with Gasteiger partial charge in [-0.3, -0.25) is 0 Å². The lowest BCUT2D eigenvalue weighted by Gasteiger charge is -2.47. The van der Waals surface area contributed by atoms with Crippen LogP contribution < -0.4 is 0 Å². The molecule has 0 rings (SSSR count). The van der Waals surface area contributed by atoms with E-state index in [4.69, 9.17) is 0 Å². The minimum absolute atomic E-state index is 8.01. The molecule has 0 amide bonds. The maximum absolute atomic E-state index is 13.8. The van der Waals surface area contributed by atoms with Crippen molar-refractivity contribution in [1.82, 2.24) is 0 Å². The minimum Gasteiger partial charge on any atom is -0.743 e. The lowest BCUT2D eigenvalue weighted by Crippen LogP contribution is -2.79. The maximum Gasteiger partial charge on any atom is 0.460 e. The molecule has 29 heavy (non-hydrogen) atoms. The third kappa shape index (κ3) is 3.26. The first-order chi connectivity index (χ1) is 12.0. The summed E-state index contributed by atoms with van der Waals surface area (Å²) in [5, 5.41) is -8.53. The Labute approximate surface area is 146 Å². The Balaban J connectivity index is 7.58. The molecule has 3 nitrogen and oxygen atoms in total. The van der Waals surface area contributed by atoms with E-state index in [1.165, 1.54) is 0 Å². The molecule has 0 radical (unpaired) electrons. The lowest BCUT2D eigenvalue weighted by atomic mass is 9.83. The summed E-state index contributed by atoms with van der Waals surface area (Å²) in [6.07, 6.45) is -16.3. The first-order valence-electron chi connectivity index (χ1n) is 5.67. The quantitative estimate of drug-likeness (QED) is 0.400. The summed E-state index contributed by atoms with van der Waals surface area (Å²) in [5.74, 6) is -35.4. The molecule has 1 atom stereocenters. The third-order valence-corrected chi connectivity index (χ3v) is 3.99. The zero-order valence-electron chi connectivity index (χ0n) is 12.1. The Bertz CT molecular complexity index is 731. The fraction of sp³-hybridized carbons (Fsp3) is 1.00. The Morgan fingerprint density at radius 3 is 0.931 bits per heavy atom. The summed E-state index contributed by atoms with van der Waals surface area (Å²) < 4.78 is 246. The van der Waals surface area contributed by atoms with Gasteiger partial charge >= 0.3 is 47.0 Å². The van der Waals surface area contributed by atoms with Crippen molar-refractivity contribution in [3.05, 3.63) is 0 Å². The van der Waals surface area contributed by atoms with Gasteiger partial charge in [-0.1, -0.05) is 0 Å². The summed E-state index contributed by atoms with van der Waals surface area (Å²) in [5.41, 5.74) is -9.19. The zero-order chi connectivity index (χ0) is 24.5. The van der Waals surface area contributed by atoms with Crippen LogP contribution in [0, 0.1) is 0 Å². The molecular weight excluding hydrogens is 499 g/mol. The van der Waals surface area contributed by atoms with Gasteiger partial charge in [-0.15, -0.1) is 0 Å². The van der Waals surface area contributed by atoms with E-state index < -0.39 is 57.1 Å². The molecule has 0 spiro atoms. The van der Waals surface area contributed by atoms with Crippen LogP contribution in [0.25, 0.3) is 0 Å². The van der Waals surface area contributed by atoms with Gasteiger partial charge in [-0.2, -0.15) is 70.2 Å². The SMILES string of the molecule is O=S(=O)([O-])C(F)(F)C(F)(C(F)(F)C(F)(F)F)C(F)(F)C(F)(F)C(F)(F)C(F)(F)F. The molecule has 0 aromatic rings. The molecule has 0 saturated carbocycles. The van der Waals surface area contributed by atoms with E-state index in [0.29, 0.717) is 0 Å². The first kappa shape index (κ1) is 27.7. The molecule has 0 aromatic heterocycles. The van der Waals surface area contributed by atoms with Crippen molar-refractivity contribution in [2.75, 3.05) is 0 Å². The van der Waals surface area contributed by atoms with Crippen molar-refractivity contribution >= 4 is 10.1 Å². The zero-order valence-corrected chi connectivity index (χ0v) is 12.9. The normalized spacial score (nSPS) is 18.6. The second-order valence-corrected chi connectivity index (χ2v) is 6.34. The molecule has 0 fully saturated rings. The van der Waals surface area contributed by atoms with Crippen molar-refractivity contribution < 1.29 is 87.6 Å². The van der Waals surface area contributed by atoms with Gasteiger partial charge < -0.3 is 4.55 Å². The summed E-state index contributed by atoms with van der Waals surface area (Å²) in [7, 11) is -8.61. The second kappa shape index (κ2) is 6.36. The van der Waals surface area contributed by atoms with Gasteiger partial charge in [0, 0.05) is 0 Å². The molecule has 1 unspecified atom stereocenters. The fourth-order valence-electron chi connectivity index (χ4n) is 1.52. The highest BCUT2D eigenvalue weighted by Crippen LogP contribution is 2.66. The van der Waals surface area contributed by atoms with Crippen molar-refractivity contribution in [2.45, 2.75) is 47.0 Å². The van der Waals surface area contributed by atoms with Crippen molar-refractivity contribution in [3.63, 3.8) is 0 Å². The minimum atomic E-state index is -9.20. The van der Waals surface area contributed by atoms with Crippen LogP contribution in [0.4, 0.5) is 74.6 Å². The Morgan fingerprint density at radius 2 is 0.724 bits per heavy atom. The highest BCUT2D eigenvalue weighted by Gasteiger charge is 2.98. The smallest absolute Gasteiger partial charge is 0.460 e. The number of hydrogen-bond acceptors (Lipinski definition) is 3. The third-order valence-electron chi connectivity index (χ3n) is 3.08. The van der Waals surface area contributed by atoms with E-state index in [1.54, 1.807) is 0 Å². The van der Waals surface area contributed by atoms with Gasteiger partial charge in [-0.05, 0) is 0 Å². The predicted octanol–water partition coefficient (Wildman–Crippen LogP) is 4.50. The van der Waals surface area contributed by atoms with Crippen LogP contribution in [0.1, 0.15) is 0 Å². The molecular formula is C8F17O3S-. The van der Waals surface area contributed by atoms with Gasteiger partial charge in [0.2, 0.25) is 0 Å². The van der Waals surface area contributed by atoms with Gasteiger partial charge in [0.1, 0.15) is 0 Å². The molecule has 21 heteroatoms. The Hall–Kier alpha value is -1.28. The van der Waals surface area contributed by atoms with E-state index in [9.17, 15) is 87.6 Å². The van der Waals surface area contributed by atoms with Gasteiger partial charge in [0.15, 0.2) is 10.1 Å². The average Bonchev–Trinajstić information content (AvgIpc) is 2.41. The predicted molar refractivity (Wildman–Crippen MR) is 50.4 cm³/mol. The number of hydrogen-bond donors (Lipinski definition) is 0. The standard InChI is InChI=1S/C8HF17O3S/c9-1(3(12,13)6(18,19)20,8(24,25)29(26,27)28)2(10,11)4(14,15)5(16,17)7(21,22)23/h(H,26,27,28)/p-1. The highest BCUT2D eigenvalue weighted by atomic mass is 32.2. The van der Waals surface area contributed by atoms with Crippen LogP contribution in [0.2, 0.25) is 0 Å². The molecule has 0 saturated heterocycles. The monoisotopic (exact) mass is 499 g/mol. The molecule has 0 aromatic carbocycles. The highest BCUT2D eigenvalue weighted by molar-refractivity contribution is 7.86.